The number of hydrogen-bond acceptors (Lipinski definition) is 4. The summed E-state index contributed by atoms with van der Waals surface area (Å²) in [4.78, 5) is 26.6. The number of carbonyl (C=O) groups is 2. The van der Waals surface area contributed by atoms with Crippen LogP contribution in [0.5, 0.6) is 0 Å². The van der Waals surface area contributed by atoms with Gasteiger partial charge in [0.05, 0.1) is 11.9 Å². The lowest BCUT2D eigenvalue weighted by Crippen LogP contribution is -2.55. The second-order valence-electron chi connectivity index (χ2n) is 5.68. The Morgan fingerprint density at radius 2 is 1.75 bits per heavy atom. The Balaban J connectivity index is 2.22. The molecule has 1 aromatic carbocycles. The fraction of sp³-hybridized carbons (Fsp3) is 0.467. The number of rotatable bonds is 5. The molecule has 1 aromatic rings. The zero-order chi connectivity index (χ0) is 17.9. The van der Waals surface area contributed by atoms with E-state index in [9.17, 15) is 18.0 Å². The van der Waals surface area contributed by atoms with E-state index >= 15 is 0 Å². The smallest absolute Gasteiger partial charge is 0.246 e. The van der Waals surface area contributed by atoms with E-state index in [1.54, 1.807) is 41.0 Å². The highest BCUT2D eigenvalue weighted by atomic mass is 35.5. The van der Waals surface area contributed by atoms with Crippen molar-refractivity contribution in [3.05, 3.63) is 29.3 Å². The fourth-order valence-corrected chi connectivity index (χ4v) is 4.00. The summed E-state index contributed by atoms with van der Waals surface area (Å²) >= 11 is 5.85. The number of anilines is 1. The Morgan fingerprint density at radius 1 is 1.21 bits per heavy atom. The number of amides is 2. The van der Waals surface area contributed by atoms with Crippen LogP contribution in [0.1, 0.15) is 6.92 Å². The third-order valence-corrected chi connectivity index (χ3v) is 5.42. The van der Waals surface area contributed by atoms with Gasteiger partial charge in [0.2, 0.25) is 22.3 Å². The second-order valence-corrected chi connectivity index (χ2v) is 7.97. The van der Waals surface area contributed by atoms with E-state index in [1.807, 2.05) is 0 Å². The molecule has 1 fully saturated rings. The van der Waals surface area contributed by atoms with Crippen molar-refractivity contribution in [2.24, 2.45) is 0 Å². The first kappa shape index (κ1) is 18.5. The van der Waals surface area contributed by atoms with E-state index in [4.69, 9.17) is 11.6 Å². The first-order valence-corrected chi connectivity index (χ1v) is 9.70. The molecule has 0 bridgehead atoms. The fourth-order valence-electron chi connectivity index (χ4n) is 2.70. The summed E-state index contributed by atoms with van der Waals surface area (Å²) in [7, 11) is -3.65. The van der Waals surface area contributed by atoms with Crippen molar-refractivity contribution in [3.8, 4) is 0 Å². The zero-order valence-electron chi connectivity index (χ0n) is 13.6. The molecule has 1 saturated heterocycles. The van der Waals surface area contributed by atoms with E-state index in [0.717, 1.165) is 17.0 Å². The first-order chi connectivity index (χ1) is 11.2. The molecule has 1 aliphatic rings. The average Bonchev–Trinajstić information content (AvgIpc) is 2.55. The van der Waals surface area contributed by atoms with E-state index in [-0.39, 0.29) is 5.91 Å². The number of benzene rings is 1. The first-order valence-electron chi connectivity index (χ1n) is 7.47. The molecule has 2 amide bonds. The van der Waals surface area contributed by atoms with Gasteiger partial charge in [-0.2, -0.15) is 0 Å². The van der Waals surface area contributed by atoms with Crippen LogP contribution in [-0.2, 0) is 19.6 Å². The molecule has 0 radical (unpaired) electrons. The summed E-state index contributed by atoms with van der Waals surface area (Å²) in [6, 6.07) is 5.41. The maximum absolute atomic E-state index is 12.7. The van der Waals surface area contributed by atoms with Crippen LogP contribution < -0.4 is 4.31 Å². The lowest BCUT2D eigenvalue weighted by atomic mass is 10.2. The van der Waals surface area contributed by atoms with E-state index < -0.39 is 16.1 Å². The monoisotopic (exact) mass is 373 g/mol. The number of nitrogens with zero attached hydrogens (tertiary/aromatic N) is 3. The number of piperazine rings is 1. The number of halogens is 1. The standard InChI is InChI=1S/C15H20ClN3O4S/c1-12(15(21)18-9-7-17(11-20)8-10-18)19(24(2,22)23)14-5-3-13(16)4-6-14/h3-6,11-12H,7-10H2,1-2H3. The molecule has 0 aromatic heterocycles. The van der Waals surface area contributed by atoms with Crippen molar-refractivity contribution in [3.63, 3.8) is 0 Å². The maximum atomic E-state index is 12.7. The van der Waals surface area contributed by atoms with Crippen LogP contribution in [0.4, 0.5) is 5.69 Å². The van der Waals surface area contributed by atoms with Crippen LogP contribution in [-0.4, -0.2) is 69.0 Å². The largest absolute Gasteiger partial charge is 0.342 e. The molecule has 0 saturated carbocycles. The molecule has 1 heterocycles. The summed E-state index contributed by atoms with van der Waals surface area (Å²) in [6.07, 6.45) is 1.82. The predicted octanol–water partition coefficient (Wildman–Crippen LogP) is 0.795. The molecule has 2 rings (SSSR count). The van der Waals surface area contributed by atoms with Crippen LogP contribution in [0.25, 0.3) is 0 Å². The van der Waals surface area contributed by atoms with Gasteiger partial charge in [-0.05, 0) is 31.2 Å². The van der Waals surface area contributed by atoms with Crippen molar-refractivity contribution in [1.82, 2.24) is 9.80 Å². The van der Waals surface area contributed by atoms with E-state index in [2.05, 4.69) is 0 Å². The maximum Gasteiger partial charge on any atom is 0.246 e. The van der Waals surface area contributed by atoms with Gasteiger partial charge in [0.1, 0.15) is 6.04 Å². The van der Waals surface area contributed by atoms with Gasteiger partial charge in [-0.1, -0.05) is 11.6 Å². The number of sulfonamides is 1. The molecule has 7 nitrogen and oxygen atoms in total. The van der Waals surface area contributed by atoms with E-state index in [0.29, 0.717) is 36.9 Å². The van der Waals surface area contributed by atoms with Crippen LogP contribution in [0, 0.1) is 0 Å². The third kappa shape index (κ3) is 4.18. The van der Waals surface area contributed by atoms with Crippen molar-refractivity contribution in [1.29, 1.82) is 0 Å². The van der Waals surface area contributed by atoms with Crippen molar-refractivity contribution in [2.75, 3.05) is 36.7 Å². The number of carbonyl (C=O) groups excluding carboxylic acids is 2. The Bertz CT molecular complexity index is 700. The second kappa shape index (κ2) is 7.40. The van der Waals surface area contributed by atoms with Crippen LogP contribution in [0.2, 0.25) is 5.02 Å². The van der Waals surface area contributed by atoms with Gasteiger partial charge in [-0.15, -0.1) is 0 Å². The van der Waals surface area contributed by atoms with Gasteiger partial charge in [0, 0.05) is 31.2 Å². The molecule has 1 unspecified atom stereocenters. The highest BCUT2D eigenvalue weighted by Gasteiger charge is 2.33. The SMILES string of the molecule is CC(C(=O)N1CCN(C=O)CC1)N(c1ccc(Cl)cc1)S(C)(=O)=O. The molecule has 24 heavy (non-hydrogen) atoms. The Kier molecular flexibility index (Phi) is 5.71. The van der Waals surface area contributed by atoms with Crippen LogP contribution in [0.3, 0.4) is 0 Å². The molecule has 0 aliphatic carbocycles. The molecule has 9 heteroatoms. The summed E-state index contributed by atoms with van der Waals surface area (Å²) in [5, 5.41) is 0.483. The Labute approximate surface area is 146 Å². The highest BCUT2D eigenvalue weighted by Crippen LogP contribution is 2.24. The number of hydrogen-bond donors (Lipinski definition) is 0. The molecule has 1 atom stereocenters. The minimum absolute atomic E-state index is 0.291. The third-order valence-electron chi connectivity index (χ3n) is 3.92. The zero-order valence-corrected chi connectivity index (χ0v) is 15.1. The molecular weight excluding hydrogens is 354 g/mol. The van der Waals surface area contributed by atoms with Gasteiger partial charge in [-0.3, -0.25) is 13.9 Å². The minimum atomic E-state index is -3.65. The van der Waals surface area contributed by atoms with Gasteiger partial charge >= 0.3 is 0 Å². The highest BCUT2D eigenvalue weighted by molar-refractivity contribution is 7.92. The lowest BCUT2D eigenvalue weighted by molar-refractivity contribution is -0.135. The average molecular weight is 374 g/mol. The van der Waals surface area contributed by atoms with Crippen molar-refractivity contribution < 1.29 is 18.0 Å². The lowest BCUT2D eigenvalue weighted by Gasteiger charge is -2.36. The molecule has 0 spiro atoms. The molecule has 132 valence electrons. The van der Waals surface area contributed by atoms with Crippen LogP contribution in [0.15, 0.2) is 24.3 Å². The van der Waals surface area contributed by atoms with Gasteiger partial charge in [-0.25, -0.2) is 8.42 Å². The van der Waals surface area contributed by atoms with Crippen molar-refractivity contribution >= 4 is 39.6 Å². The Hall–Kier alpha value is -1.80. The predicted molar refractivity (Wildman–Crippen MR) is 92.5 cm³/mol. The molecular formula is C15H20ClN3O4S. The summed E-state index contributed by atoms with van der Waals surface area (Å²) < 4.78 is 25.5. The molecule has 1 aliphatic heterocycles. The quantitative estimate of drug-likeness (QED) is 0.715. The topological polar surface area (TPSA) is 78.0 Å². The normalized spacial score (nSPS) is 16.6. The van der Waals surface area contributed by atoms with E-state index in [1.165, 1.54) is 0 Å². The molecule has 0 N–H and O–H groups in total. The summed E-state index contributed by atoms with van der Waals surface area (Å²) in [5.41, 5.74) is 0.384. The summed E-state index contributed by atoms with van der Waals surface area (Å²) in [6.45, 7) is 3.23. The van der Waals surface area contributed by atoms with Gasteiger partial charge in [0.25, 0.3) is 0 Å². The van der Waals surface area contributed by atoms with Crippen LogP contribution >= 0.6 is 11.6 Å². The minimum Gasteiger partial charge on any atom is -0.342 e. The van der Waals surface area contributed by atoms with Crippen molar-refractivity contribution in [2.45, 2.75) is 13.0 Å². The Morgan fingerprint density at radius 3 is 2.21 bits per heavy atom. The summed E-state index contributed by atoms with van der Waals surface area (Å²) in [5.74, 6) is -0.291. The van der Waals surface area contributed by atoms with Gasteiger partial charge in [0.15, 0.2) is 0 Å². The van der Waals surface area contributed by atoms with Gasteiger partial charge < -0.3 is 9.80 Å².